The van der Waals surface area contributed by atoms with Crippen molar-refractivity contribution < 1.29 is 14.5 Å². The molecule has 0 saturated heterocycles. The van der Waals surface area contributed by atoms with Crippen LogP contribution in [0.2, 0.25) is 5.02 Å². The molecule has 6 heteroatoms. The van der Waals surface area contributed by atoms with Crippen LogP contribution >= 0.6 is 11.6 Å². The summed E-state index contributed by atoms with van der Waals surface area (Å²) < 4.78 is 0. The average Bonchev–Trinajstić information content (AvgIpc) is 2.56. The summed E-state index contributed by atoms with van der Waals surface area (Å²) in [4.78, 5) is 24.8. The molecule has 0 heterocycles. The van der Waals surface area contributed by atoms with E-state index in [0.29, 0.717) is 22.8 Å². The molecule has 2 aromatic rings. The van der Waals surface area contributed by atoms with Gasteiger partial charge in [0.25, 0.3) is 11.8 Å². The second-order valence-electron chi connectivity index (χ2n) is 5.65. The fourth-order valence-corrected chi connectivity index (χ4v) is 2.50. The van der Waals surface area contributed by atoms with Crippen LogP contribution in [-0.4, -0.2) is 32.5 Å². The van der Waals surface area contributed by atoms with Crippen molar-refractivity contribution in [2.45, 2.75) is 6.54 Å². The third-order valence-corrected chi connectivity index (χ3v) is 3.77. The van der Waals surface area contributed by atoms with Crippen LogP contribution in [0.1, 0.15) is 15.9 Å². The Hall–Kier alpha value is -2.37. The highest BCUT2D eigenvalue weighted by molar-refractivity contribution is 6.30. The van der Waals surface area contributed by atoms with Gasteiger partial charge in [-0.25, -0.2) is 0 Å². The molecule has 2 aromatic carbocycles. The molecular formula is C18H21ClN3O2+. The number of anilines is 1. The molecular weight excluding hydrogens is 326 g/mol. The van der Waals surface area contributed by atoms with E-state index in [4.69, 9.17) is 11.6 Å². The number of carbonyl (C=O) groups excluding carboxylic acids is 2. The second kappa shape index (κ2) is 8.47. The fraction of sp³-hybridized carbons (Fsp3) is 0.222. The average molecular weight is 347 g/mol. The van der Waals surface area contributed by atoms with Crippen LogP contribution in [0, 0.1) is 0 Å². The van der Waals surface area contributed by atoms with Crippen LogP contribution in [0.15, 0.2) is 48.5 Å². The second-order valence-corrected chi connectivity index (χ2v) is 6.08. The molecule has 1 atom stereocenters. The first-order valence-corrected chi connectivity index (χ1v) is 8.03. The molecule has 0 radical (unpaired) electrons. The lowest BCUT2D eigenvalue weighted by molar-refractivity contribution is -0.885. The third kappa shape index (κ3) is 5.37. The predicted molar refractivity (Wildman–Crippen MR) is 95.4 cm³/mol. The van der Waals surface area contributed by atoms with Gasteiger partial charge in [-0.05, 0) is 30.3 Å². The van der Waals surface area contributed by atoms with Crippen LogP contribution in [0.3, 0.4) is 0 Å². The van der Waals surface area contributed by atoms with Gasteiger partial charge in [-0.2, -0.15) is 0 Å². The molecule has 2 amide bonds. The third-order valence-electron chi connectivity index (χ3n) is 3.52. The van der Waals surface area contributed by atoms with Crippen LogP contribution in [0.25, 0.3) is 0 Å². The first kappa shape index (κ1) is 18.0. The van der Waals surface area contributed by atoms with Crippen molar-refractivity contribution in [2.75, 3.05) is 26.0 Å². The van der Waals surface area contributed by atoms with E-state index in [1.54, 1.807) is 31.3 Å². The van der Waals surface area contributed by atoms with Gasteiger partial charge < -0.3 is 15.5 Å². The highest BCUT2D eigenvalue weighted by atomic mass is 35.5. The Labute approximate surface area is 146 Å². The first-order chi connectivity index (χ1) is 11.5. The number of nitrogens with one attached hydrogen (secondary N) is 3. The largest absolute Gasteiger partial charge is 0.355 e. The summed E-state index contributed by atoms with van der Waals surface area (Å²) in [5.41, 5.74) is 2.24. The summed E-state index contributed by atoms with van der Waals surface area (Å²) in [6, 6.07) is 14.5. The van der Waals surface area contributed by atoms with E-state index in [0.717, 1.165) is 17.0 Å². The smallest absolute Gasteiger partial charge is 0.279 e. The van der Waals surface area contributed by atoms with Crippen molar-refractivity contribution >= 4 is 29.1 Å². The van der Waals surface area contributed by atoms with Crippen LogP contribution < -0.4 is 15.5 Å². The van der Waals surface area contributed by atoms with Crippen molar-refractivity contribution in [1.29, 1.82) is 0 Å². The fourth-order valence-electron chi connectivity index (χ4n) is 2.38. The van der Waals surface area contributed by atoms with Gasteiger partial charge in [0, 0.05) is 28.9 Å². The van der Waals surface area contributed by atoms with Crippen molar-refractivity contribution in [1.82, 2.24) is 5.32 Å². The molecule has 1 unspecified atom stereocenters. The SMILES string of the molecule is CNC(=O)c1cccc(NC(=O)C[NH+](C)Cc2ccc(Cl)cc2)c1. The van der Waals surface area contributed by atoms with Gasteiger partial charge in [0.05, 0.1) is 7.05 Å². The first-order valence-electron chi connectivity index (χ1n) is 7.65. The molecule has 126 valence electrons. The number of hydrogen-bond donors (Lipinski definition) is 3. The number of carbonyl (C=O) groups is 2. The molecule has 24 heavy (non-hydrogen) atoms. The summed E-state index contributed by atoms with van der Waals surface area (Å²) in [5.74, 6) is -0.285. The summed E-state index contributed by atoms with van der Waals surface area (Å²) in [7, 11) is 3.53. The minimum Gasteiger partial charge on any atom is -0.355 e. The van der Waals surface area contributed by atoms with Crippen LogP contribution in [-0.2, 0) is 11.3 Å². The number of rotatable bonds is 6. The van der Waals surface area contributed by atoms with E-state index in [2.05, 4.69) is 10.6 Å². The number of amides is 2. The quantitative estimate of drug-likeness (QED) is 0.739. The van der Waals surface area contributed by atoms with Crippen LogP contribution in [0.4, 0.5) is 5.69 Å². The predicted octanol–water partition coefficient (Wildman–Crippen LogP) is 1.35. The number of quaternary nitrogens is 1. The highest BCUT2D eigenvalue weighted by Gasteiger charge is 2.12. The van der Waals surface area contributed by atoms with Crippen molar-refractivity contribution in [3.05, 3.63) is 64.7 Å². The minimum absolute atomic E-state index is 0.101. The van der Waals surface area contributed by atoms with E-state index < -0.39 is 0 Å². The van der Waals surface area contributed by atoms with E-state index >= 15 is 0 Å². The molecule has 3 N–H and O–H groups in total. The Kier molecular flexibility index (Phi) is 6.35. The van der Waals surface area contributed by atoms with Gasteiger partial charge in [0.1, 0.15) is 6.54 Å². The summed E-state index contributed by atoms with van der Waals surface area (Å²) in [5, 5.41) is 6.09. The van der Waals surface area contributed by atoms with Crippen molar-refractivity contribution in [2.24, 2.45) is 0 Å². The number of likely N-dealkylation sites (N-methyl/N-ethyl adjacent to an activating group) is 1. The number of halogens is 1. The Morgan fingerprint density at radius 3 is 2.50 bits per heavy atom. The lowest BCUT2D eigenvalue weighted by atomic mass is 10.2. The molecule has 0 aliphatic carbocycles. The molecule has 5 nitrogen and oxygen atoms in total. The highest BCUT2D eigenvalue weighted by Crippen LogP contribution is 2.10. The molecule has 0 spiro atoms. The number of hydrogen-bond acceptors (Lipinski definition) is 2. The van der Waals surface area contributed by atoms with E-state index in [-0.39, 0.29) is 11.8 Å². The van der Waals surface area contributed by atoms with Crippen LogP contribution in [0.5, 0.6) is 0 Å². The van der Waals surface area contributed by atoms with Gasteiger partial charge in [-0.15, -0.1) is 0 Å². The standard InChI is InChI=1S/C18H20ClN3O2/c1-20-18(24)14-4-3-5-16(10-14)21-17(23)12-22(2)11-13-6-8-15(19)9-7-13/h3-10H,11-12H2,1-2H3,(H,20,24)(H,21,23)/p+1. The molecule has 0 bridgehead atoms. The zero-order valence-electron chi connectivity index (χ0n) is 13.7. The van der Waals surface area contributed by atoms with Gasteiger partial charge in [-0.1, -0.05) is 29.8 Å². The molecule has 0 aromatic heterocycles. The minimum atomic E-state index is -0.184. The van der Waals surface area contributed by atoms with Gasteiger partial charge in [-0.3, -0.25) is 9.59 Å². The Bertz CT molecular complexity index is 716. The van der Waals surface area contributed by atoms with E-state index in [1.807, 2.05) is 31.3 Å². The maximum absolute atomic E-state index is 12.2. The Morgan fingerprint density at radius 2 is 1.83 bits per heavy atom. The monoisotopic (exact) mass is 346 g/mol. The Balaban J connectivity index is 1.90. The zero-order valence-corrected chi connectivity index (χ0v) is 14.5. The van der Waals surface area contributed by atoms with Crippen molar-refractivity contribution in [3.63, 3.8) is 0 Å². The van der Waals surface area contributed by atoms with Gasteiger partial charge >= 0.3 is 0 Å². The normalized spacial score (nSPS) is 11.6. The molecule has 0 aliphatic rings. The van der Waals surface area contributed by atoms with Crippen molar-refractivity contribution in [3.8, 4) is 0 Å². The zero-order chi connectivity index (χ0) is 17.5. The molecule has 2 rings (SSSR count). The summed E-state index contributed by atoms with van der Waals surface area (Å²) >= 11 is 5.87. The van der Waals surface area contributed by atoms with E-state index in [1.165, 1.54) is 0 Å². The van der Waals surface area contributed by atoms with Gasteiger partial charge in [0.2, 0.25) is 0 Å². The topological polar surface area (TPSA) is 62.6 Å². The lowest BCUT2D eigenvalue weighted by Gasteiger charge is -2.14. The maximum Gasteiger partial charge on any atom is 0.279 e. The molecule has 0 saturated carbocycles. The maximum atomic E-state index is 12.2. The molecule has 0 aliphatic heterocycles. The molecule has 0 fully saturated rings. The summed E-state index contributed by atoms with van der Waals surface area (Å²) in [6.45, 7) is 1.05. The number of benzene rings is 2. The Morgan fingerprint density at radius 1 is 1.12 bits per heavy atom. The summed E-state index contributed by atoms with van der Waals surface area (Å²) in [6.07, 6.45) is 0. The van der Waals surface area contributed by atoms with Gasteiger partial charge in [0.15, 0.2) is 6.54 Å². The van der Waals surface area contributed by atoms with E-state index in [9.17, 15) is 9.59 Å². The lowest BCUT2D eigenvalue weighted by Crippen LogP contribution is -3.08.